The molecule has 1 saturated heterocycles. The van der Waals surface area contributed by atoms with Crippen molar-refractivity contribution in [2.24, 2.45) is 5.92 Å². The van der Waals surface area contributed by atoms with E-state index in [0.717, 1.165) is 25.9 Å². The highest BCUT2D eigenvalue weighted by Gasteiger charge is 2.26. The molecule has 1 rings (SSSR count). The number of methoxy groups -OCH3 is 1. The van der Waals surface area contributed by atoms with Crippen molar-refractivity contribution < 1.29 is 14.3 Å². The molecule has 0 aromatic rings. The Bertz CT molecular complexity index is 258. The number of rotatable bonds is 3. The van der Waals surface area contributed by atoms with Crippen LogP contribution in [0.1, 0.15) is 12.8 Å². The summed E-state index contributed by atoms with van der Waals surface area (Å²) in [5.41, 5.74) is 0. The number of esters is 1. The van der Waals surface area contributed by atoms with Gasteiger partial charge < -0.3 is 9.64 Å². The first-order valence-electron chi connectivity index (χ1n) is 5.55. The zero-order valence-electron chi connectivity index (χ0n) is 10.2. The molecule has 1 heterocycles. The second-order valence-electron chi connectivity index (χ2n) is 4.36. The number of likely N-dealkylation sites (tertiary alicyclic amines) is 1. The number of piperidine rings is 1. The van der Waals surface area contributed by atoms with Crippen molar-refractivity contribution in [1.29, 1.82) is 0 Å². The Balaban J connectivity index is 2.32. The molecule has 0 N–H and O–H groups in total. The van der Waals surface area contributed by atoms with Crippen LogP contribution in [0.5, 0.6) is 0 Å². The molecule has 16 heavy (non-hydrogen) atoms. The summed E-state index contributed by atoms with van der Waals surface area (Å²) < 4.78 is 4.71. The van der Waals surface area contributed by atoms with Crippen LogP contribution in [0.4, 0.5) is 0 Å². The monoisotopic (exact) mass is 228 g/mol. The number of ether oxygens (including phenoxy) is 1. The third-order valence-electron chi connectivity index (χ3n) is 2.98. The maximum absolute atomic E-state index is 11.5. The highest BCUT2D eigenvalue weighted by Crippen LogP contribution is 2.18. The summed E-state index contributed by atoms with van der Waals surface area (Å²) in [4.78, 5) is 26.4. The number of amides is 1. The van der Waals surface area contributed by atoms with Crippen molar-refractivity contribution in [3.8, 4) is 0 Å². The van der Waals surface area contributed by atoms with Crippen molar-refractivity contribution in [3.63, 3.8) is 0 Å². The lowest BCUT2D eigenvalue weighted by atomic mass is 9.97. The molecular weight excluding hydrogens is 208 g/mol. The maximum Gasteiger partial charge on any atom is 0.308 e. The first-order chi connectivity index (χ1) is 7.54. The van der Waals surface area contributed by atoms with Crippen LogP contribution >= 0.6 is 0 Å². The Morgan fingerprint density at radius 2 is 1.88 bits per heavy atom. The van der Waals surface area contributed by atoms with Gasteiger partial charge in [0.1, 0.15) is 0 Å². The Morgan fingerprint density at radius 3 is 2.31 bits per heavy atom. The molecule has 0 saturated carbocycles. The Hall–Kier alpha value is -1.10. The zero-order valence-corrected chi connectivity index (χ0v) is 10.2. The largest absolute Gasteiger partial charge is 0.469 e. The summed E-state index contributed by atoms with van der Waals surface area (Å²) in [6, 6.07) is 0. The van der Waals surface area contributed by atoms with E-state index in [2.05, 4.69) is 4.90 Å². The molecule has 0 aliphatic carbocycles. The summed E-state index contributed by atoms with van der Waals surface area (Å²) in [5, 5.41) is 0. The fourth-order valence-corrected chi connectivity index (χ4v) is 1.83. The molecule has 0 spiro atoms. The lowest BCUT2D eigenvalue weighted by molar-refractivity contribution is -0.147. The minimum Gasteiger partial charge on any atom is -0.469 e. The molecule has 5 heteroatoms. The zero-order chi connectivity index (χ0) is 12.1. The minimum atomic E-state index is -0.126. The van der Waals surface area contributed by atoms with Crippen LogP contribution in [0.25, 0.3) is 0 Å². The number of hydrogen-bond acceptors (Lipinski definition) is 4. The first-order valence-corrected chi connectivity index (χ1v) is 5.55. The lowest BCUT2D eigenvalue weighted by Gasteiger charge is -2.30. The van der Waals surface area contributed by atoms with Gasteiger partial charge in [-0.1, -0.05) is 0 Å². The van der Waals surface area contributed by atoms with E-state index >= 15 is 0 Å². The normalized spacial score (nSPS) is 18.2. The third-order valence-corrected chi connectivity index (χ3v) is 2.98. The van der Waals surface area contributed by atoms with Gasteiger partial charge in [0.25, 0.3) is 0 Å². The van der Waals surface area contributed by atoms with Crippen LogP contribution in [0.2, 0.25) is 0 Å². The fraction of sp³-hybridized carbons (Fsp3) is 0.818. The number of carbonyl (C=O) groups excluding carboxylic acids is 2. The molecule has 92 valence electrons. The van der Waals surface area contributed by atoms with Crippen molar-refractivity contribution >= 4 is 11.9 Å². The molecule has 1 aliphatic heterocycles. The average Bonchev–Trinajstić information content (AvgIpc) is 2.28. The van der Waals surface area contributed by atoms with Gasteiger partial charge in [-0.15, -0.1) is 0 Å². The second-order valence-corrected chi connectivity index (χ2v) is 4.36. The summed E-state index contributed by atoms with van der Waals surface area (Å²) in [6.45, 7) is 2.03. The van der Waals surface area contributed by atoms with Gasteiger partial charge in [0.15, 0.2) is 0 Å². The predicted octanol–water partition coefficient (Wildman–Crippen LogP) is -0.0404. The van der Waals surface area contributed by atoms with Gasteiger partial charge in [0.2, 0.25) is 5.91 Å². The van der Waals surface area contributed by atoms with Crippen molar-refractivity contribution in [3.05, 3.63) is 0 Å². The maximum atomic E-state index is 11.5. The van der Waals surface area contributed by atoms with Crippen LogP contribution in [0, 0.1) is 5.92 Å². The highest BCUT2D eigenvalue weighted by molar-refractivity contribution is 5.77. The van der Waals surface area contributed by atoms with Crippen LogP contribution in [0.3, 0.4) is 0 Å². The van der Waals surface area contributed by atoms with Crippen LogP contribution in [-0.4, -0.2) is 62.5 Å². The molecule has 0 unspecified atom stereocenters. The van der Waals surface area contributed by atoms with E-state index in [1.54, 1.807) is 19.0 Å². The van der Waals surface area contributed by atoms with E-state index < -0.39 is 0 Å². The summed E-state index contributed by atoms with van der Waals surface area (Å²) >= 11 is 0. The quantitative estimate of drug-likeness (QED) is 0.636. The third kappa shape index (κ3) is 3.48. The average molecular weight is 228 g/mol. The van der Waals surface area contributed by atoms with Crippen molar-refractivity contribution in [1.82, 2.24) is 9.80 Å². The van der Waals surface area contributed by atoms with Crippen LogP contribution in [0.15, 0.2) is 0 Å². The van der Waals surface area contributed by atoms with E-state index in [1.165, 1.54) is 7.11 Å². The van der Waals surface area contributed by atoms with Gasteiger partial charge >= 0.3 is 5.97 Å². The number of hydrogen-bond donors (Lipinski definition) is 0. The molecule has 0 aromatic carbocycles. The molecule has 0 radical (unpaired) electrons. The van der Waals surface area contributed by atoms with E-state index in [0.29, 0.717) is 6.54 Å². The van der Waals surface area contributed by atoms with E-state index in [-0.39, 0.29) is 17.8 Å². The topological polar surface area (TPSA) is 49.9 Å². The van der Waals surface area contributed by atoms with Crippen LogP contribution < -0.4 is 0 Å². The molecule has 0 bridgehead atoms. The number of likely N-dealkylation sites (N-methyl/N-ethyl adjacent to an activating group) is 1. The summed E-state index contributed by atoms with van der Waals surface area (Å²) in [6.07, 6.45) is 1.57. The minimum absolute atomic E-state index is 0.00991. The van der Waals surface area contributed by atoms with Gasteiger partial charge in [-0.2, -0.15) is 0 Å². The Labute approximate surface area is 96.3 Å². The Morgan fingerprint density at radius 1 is 1.31 bits per heavy atom. The molecule has 5 nitrogen and oxygen atoms in total. The summed E-state index contributed by atoms with van der Waals surface area (Å²) in [7, 11) is 4.93. The van der Waals surface area contributed by atoms with E-state index in [1.807, 2.05) is 0 Å². The molecule has 0 aromatic heterocycles. The van der Waals surface area contributed by atoms with Gasteiger partial charge in [0, 0.05) is 14.1 Å². The molecule has 1 amide bonds. The van der Waals surface area contributed by atoms with Crippen molar-refractivity contribution in [2.75, 3.05) is 40.8 Å². The van der Waals surface area contributed by atoms with Gasteiger partial charge in [-0.05, 0) is 25.9 Å². The number of carbonyl (C=O) groups is 2. The van der Waals surface area contributed by atoms with E-state index in [4.69, 9.17) is 4.74 Å². The second kappa shape index (κ2) is 5.84. The highest BCUT2D eigenvalue weighted by atomic mass is 16.5. The summed E-state index contributed by atoms with van der Waals surface area (Å²) in [5.74, 6) is -0.00851. The first kappa shape index (κ1) is 13.0. The molecule has 1 aliphatic rings. The smallest absolute Gasteiger partial charge is 0.308 e. The predicted molar refractivity (Wildman–Crippen MR) is 59.9 cm³/mol. The lowest BCUT2D eigenvalue weighted by Crippen LogP contribution is -2.42. The SMILES string of the molecule is COC(=O)C1CCN(CC(=O)N(C)C)CC1. The van der Waals surface area contributed by atoms with Crippen molar-refractivity contribution in [2.45, 2.75) is 12.8 Å². The number of nitrogens with zero attached hydrogens (tertiary/aromatic N) is 2. The van der Waals surface area contributed by atoms with Crippen LogP contribution in [-0.2, 0) is 14.3 Å². The van der Waals surface area contributed by atoms with E-state index in [9.17, 15) is 9.59 Å². The van der Waals surface area contributed by atoms with Gasteiger partial charge in [-0.3, -0.25) is 14.5 Å². The van der Waals surface area contributed by atoms with Gasteiger partial charge in [0.05, 0.1) is 19.6 Å². The molecule has 1 fully saturated rings. The molecular formula is C11H20N2O3. The fourth-order valence-electron chi connectivity index (χ4n) is 1.83. The molecule has 0 atom stereocenters. The standard InChI is InChI=1S/C11H20N2O3/c1-12(2)10(14)8-13-6-4-9(5-7-13)11(15)16-3/h9H,4-8H2,1-3H3. The van der Waals surface area contributed by atoms with Gasteiger partial charge in [-0.25, -0.2) is 0 Å². The Kier molecular flexibility index (Phi) is 4.73.